The third-order valence-corrected chi connectivity index (χ3v) is 6.03. The molecule has 0 saturated carbocycles. The van der Waals surface area contributed by atoms with Crippen molar-refractivity contribution in [2.45, 2.75) is 25.6 Å². The summed E-state index contributed by atoms with van der Waals surface area (Å²) in [6.07, 6.45) is 0. The zero-order chi connectivity index (χ0) is 19.9. The summed E-state index contributed by atoms with van der Waals surface area (Å²) in [5, 5.41) is 2.77. The fourth-order valence-corrected chi connectivity index (χ4v) is 4.20. The van der Waals surface area contributed by atoms with Crippen LogP contribution < -0.4 is 10.1 Å². The molecule has 1 N–H and O–H groups in total. The first-order valence-electron chi connectivity index (χ1n) is 8.60. The van der Waals surface area contributed by atoms with E-state index in [9.17, 15) is 4.57 Å². The molecule has 2 rings (SSSR count). The van der Waals surface area contributed by atoms with E-state index in [0.29, 0.717) is 11.4 Å². The summed E-state index contributed by atoms with van der Waals surface area (Å²) >= 11 is 0. The first-order valence-corrected chi connectivity index (χ1v) is 10.1. The van der Waals surface area contributed by atoms with Gasteiger partial charge in [-0.2, -0.15) is 8.78 Å². The fraction of sp³-hybridized carbons (Fsp3) is 0.368. The summed E-state index contributed by atoms with van der Waals surface area (Å²) in [5.74, 6) is 0.526. The maximum atomic E-state index is 15.5. The van der Waals surface area contributed by atoms with E-state index in [0.717, 1.165) is 0 Å². The SMILES string of the molecule is CCOP(=O)(OCC)C(F)(F)[C@@H](Nc1ccccc1)c1ccc(OC)cc1. The summed E-state index contributed by atoms with van der Waals surface area (Å²) in [4.78, 5) is 0. The molecule has 2 aromatic rings. The average molecular weight is 399 g/mol. The van der Waals surface area contributed by atoms with Gasteiger partial charge in [0.05, 0.1) is 20.3 Å². The number of halogens is 2. The van der Waals surface area contributed by atoms with Crippen LogP contribution in [0.5, 0.6) is 5.75 Å². The molecule has 5 nitrogen and oxygen atoms in total. The first kappa shape index (κ1) is 21.4. The molecule has 0 bridgehead atoms. The van der Waals surface area contributed by atoms with Crippen molar-refractivity contribution >= 4 is 13.3 Å². The van der Waals surface area contributed by atoms with Gasteiger partial charge in [-0.1, -0.05) is 30.3 Å². The van der Waals surface area contributed by atoms with Crippen LogP contribution in [0.2, 0.25) is 0 Å². The number of benzene rings is 2. The van der Waals surface area contributed by atoms with Crippen molar-refractivity contribution in [3.8, 4) is 5.75 Å². The van der Waals surface area contributed by atoms with Crippen LogP contribution in [0.15, 0.2) is 54.6 Å². The van der Waals surface area contributed by atoms with E-state index in [4.69, 9.17) is 13.8 Å². The second-order valence-corrected chi connectivity index (χ2v) is 7.74. The van der Waals surface area contributed by atoms with Crippen LogP contribution in [0.3, 0.4) is 0 Å². The lowest BCUT2D eigenvalue weighted by Crippen LogP contribution is -2.34. The van der Waals surface area contributed by atoms with Gasteiger partial charge in [-0.05, 0) is 43.7 Å². The Balaban J connectivity index is 2.50. The molecule has 0 saturated heterocycles. The normalized spacial score (nSPS) is 13.2. The van der Waals surface area contributed by atoms with Gasteiger partial charge in [0, 0.05) is 5.69 Å². The van der Waals surface area contributed by atoms with E-state index in [1.807, 2.05) is 0 Å². The number of rotatable bonds is 10. The third-order valence-electron chi connectivity index (χ3n) is 3.84. The Labute approximate surface area is 158 Å². The van der Waals surface area contributed by atoms with Crippen molar-refractivity contribution in [2.24, 2.45) is 0 Å². The first-order chi connectivity index (χ1) is 12.9. The zero-order valence-corrected chi connectivity index (χ0v) is 16.4. The number of nitrogens with one attached hydrogen (secondary N) is 1. The molecule has 0 radical (unpaired) electrons. The van der Waals surface area contributed by atoms with E-state index < -0.39 is 19.3 Å². The van der Waals surface area contributed by atoms with Gasteiger partial charge in [0.2, 0.25) is 0 Å². The third kappa shape index (κ3) is 4.86. The molecule has 0 unspecified atom stereocenters. The number of ether oxygens (including phenoxy) is 1. The number of para-hydroxylation sites is 1. The lowest BCUT2D eigenvalue weighted by Gasteiger charge is -2.33. The standard InChI is InChI=1S/C19H24F2NO4P/c1-4-25-27(23,26-5-2)19(20,21)18(22-16-9-7-6-8-10-16)15-11-13-17(24-3)14-12-15/h6-14,18,22H,4-5H2,1-3H3/t18-/m0/s1. The number of hydrogen-bond donors (Lipinski definition) is 1. The van der Waals surface area contributed by atoms with Crippen LogP contribution in [0.4, 0.5) is 14.5 Å². The highest BCUT2D eigenvalue weighted by atomic mass is 31.2. The molecular weight excluding hydrogens is 375 g/mol. The Morgan fingerprint density at radius 3 is 2.04 bits per heavy atom. The van der Waals surface area contributed by atoms with Crippen molar-refractivity contribution in [1.29, 1.82) is 0 Å². The van der Waals surface area contributed by atoms with E-state index >= 15 is 8.78 Å². The van der Waals surface area contributed by atoms with Gasteiger partial charge in [-0.3, -0.25) is 4.57 Å². The number of hydrogen-bond acceptors (Lipinski definition) is 5. The minimum absolute atomic E-state index is 0.159. The lowest BCUT2D eigenvalue weighted by atomic mass is 10.1. The van der Waals surface area contributed by atoms with Crippen molar-refractivity contribution < 1.29 is 27.1 Å². The number of anilines is 1. The molecule has 0 aliphatic carbocycles. The largest absolute Gasteiger partial charge is 0.497 e. The highest BCUT2D eigenvalue weighted by Crippen LogP contribution is 2.66. The van der Waals surface area contributed by atoms with Gasteiger partial charge >= 0.3 is 13.3 Å². The van der Waals surface area contributed by atoms with Crippen LogP contribution >= 0.6 is 7.60 Å². The second-order valence-electron chi connectivity index (χ2n) is 5.64. The van der Waals surface area contributed by atoms with Crippen LogP contribution in [-0.2, 0) is 13.6 Å². The summed E-state index contributed by atoms with van der Waals surface area (Å²) in [6, 6.07) is 13.0. The van der Waals surface area contributed by atoms with Crippen molar-refractivity contribution in [1.82, 2.24) is 0 Å². The molecule has 0 heterocycles. The van der Waals surface area contributed by atoms with Crippen LogP contribution in [0.25, 0.3) is 0 Å². The van der Waals surface area contributed by atoms with Gasteiger partial charge in [-0.25, -0.2) is 0 Å². The highest BCUT2D eigenvalue weighted by Gasteiger charge is 2.59. The highest BCUT2D eigenvalue weighted by molar-refractivity contribution is 7.55. The van der Waals surface area contributed by atoms with E-state index in [-0.39, 0.29) is 18.8 Å². The predicted molar refractivity (Wildman–Crippen MR) is 102 cm³/mol. The van der Waals surface area contributed by atoms with Gasteiger partial charge in [0.25, 0.3) is 0 Å². The summed E-state index contributed by atoms with van der Waals surface area (Å²) in [7, 11) is -3.24. The summed E-state index contributed by atoms with van der Waals surface area (Å²) < 4.78 is 58.8. The Kier molecular flexibility index (Phi) is 7.36. The molecule has 1 atom stereocenters. The molecule has 0 spiro atoms. The Bertz CT molecular complexity index is 746. The summed E-state index contributed by atoms with van der Waals surface area (Å²) in [6.45, 7) is 2.67. The number of alkyl halides is 2. The maximum Gasteiger partial charge on any atom is 0.402 e. The topological polar surface area (TPSA) is 56.8 Å². The average Bonchev–Trinajstić information content (AvgIpc) is 2.67. The molecule has 148 valence electrons. The van der Waals surface area contributed by atoms with E-state index in [1.54, 1.807) is 42.5 Å². The molecule has 2 aromatic carbocycles. The summed E-state index contributed by atoms with van der Waals surface area (Å²) in [5.41, 5.74) is -3.13. The zero-order valence-electron chi connectivity index (χ0n) is 15.5. The molecule has 0 fully saturated rings. The Morgan fingerprint density at radius 1 is 1.00 bits per heavy atom. The van der Waals surface area contributed by atoms with Gasteiger partial charge in [0.15, 0.2) is 0 Å². The molecule has 0 aliphatic heterocycles. The smallest absolute Gasteiger partial charge is 0.402 e. The predicted octanol–water partition coefficient (Wildman–Crippen LogP) is 5.71. The molecule has 0 amide bonds. The minimum Gasteiger partial charge on any atom is -0.497 e. The van der Waals surface area contributed by atoms with Gasteiger partial charge in [-0.15, -0.1) is 0 Å². The van der Waals surface area contributed by atoms with E-state index in [1.165, 1.54) is 33.1 Å². The number of methoxy groups -OCH3 is 1. The lowest BCUT2D eigenvalue weighted by molar-refractivity contribution is 0.0218. The van der Waals surface area contributed by atoms with Crippen molar-refractivity contribution in [3.05, 3.63) is 60.2 Å². The molecule has 8 heteroatoms. The monoisotopic (exact) mass is 399 g/mol. The maximum absolute atomic E-state index is 15.5. The Morgan fingerprint density at radius 2 is 1.56 bits per heavy atom. The van der Waals surface area contributed by atoms with Crippen LogP contribution in [0, 0.1) is 0 Å². The van der Waals surface area contributed by atoms with Crippen molar-refractivity contribution in [2.75, 3.05) is 25.6 Å². The minimum atomic E-state index is -4.73. The fourth-order valence-electron chi connectivity index (χ4n) is 2.58. The van der Waals surface area contributed by atoms with Gasteiger partial charge < -0.3 is 19.1 Å². The molecule has 0 aromatic heterocycles. The molecular formula is C19H24F2NO4P. The van der Waals surface area contributed by atoms with Crippen molar-refractivity contribution in [3.63, 3.8) is 0 Å². The Hall–Kier alpha value is -1.95. The second kappa shape index (κ2) is 9.31. The van der Waals surface area contributed by atoms with Crippen LogP contribution in [0.1, 0.15) is 25.5 Å². The van der Waals surface area contributed by atoms with E-state index in [2.05, 4.69) is 5.32 Å². The van der Waals surface area contributed by atoms with Gasteiger partial charge in [0.1, 0.15) is 11.8 Å². The molecule has 0 aliphatic rings. The van der Waals surface area contributed by atoms with Crippen LogP contribution in [-0.4, -0.2) is 26.0 Å². The quantitative estimate of drug-likeness (QED) is 0.519. The molecule has 27 heavy (non-hydrogen) atoms.